The summed E-state index contributed by atoms with van der Waals surface area (Å²) in [5, 5.41) is 5.89. The molecule has 0 amide bonds. The molecule has 1 N–H and O–H groups in total. The summed E-state index contributed by atoms with van der Waals surface area (Å²) >= 11 is 1.86. The fourth-order valence-corrected chi connectivity index (χ4v) is 3.70. The fourth-order valence-electron chi connectivity index (χ4n) is 2.99. The monoisotopic (exact) mass is 300 g/mol. The van der Waals surface area contributed by atoms with E-state index >= 15 is 0 Å². The van der Waals surface area contributed by atoms with Gasteiger partial charge in [-0.15, -0.1) is 11.3 Å². The number of benzene rings is 1. The molecule has 1 aliphatic heterocycles. The van der Waals surface area contributed by atoms with Gasteiger partial charge in [-0.25, -0.2) is 0 Å². The van der Waals surface area contributed by atoms with Crippen LogP contribution in [0.15, 0.2) is 47.8 Å². The number of hydrogen-bond donors (Lipinski definition) is 1. The molecule has 0 radical (unpaired) electrons. The molecule has 1 saturated heterocycles. The Kier molecular flexibility index (Phi) is 5.44. The Hall–Kier alpha value is -1.16. The first kappa shape index (κ1) is 14.8. The molecular formula is C18H24N2S. The standard InChI is InChI=1S/C18H24N2S/c1-2-5-16(6-3-1)15-20-12-9-17(10-13-20)19-11-8-18-7-4-14-21-18/h1-7,14,17,19H,8-13,15H2. The van der Waals surface area contributed by atoms with E-state index in [0.29, 0.717) is 6.04 Å². The van der Waals surface area contributed by atoms with E-state index in [2.05, 4.69) is 58.1 Å². The summed E-state index contributed by atoms with van der Waals surface area (Å²) in [6, 6.07) is 15.9. The third-order valence-corrected chi connectivity index (χ3v) is 5.16. The van der Waals surface area contributed by atoms with Crippen molar-refractivity contribution in [2.24, 2.45) is 0 Å². The Morgan fingerprint density at radius 2 is 1.86 bits per heavy atom. The molecule has 21 heavy (non-hydrogen) atoms. The molecule has 0 aliphatic carbocycles. The zero-order valence-corrected chi connectivity index (χ0v) is 13.3. The molecule has 1 aromatic heterocycles. The van der Waals surface area contributed by atoms with Crippen LogP contribution < -0.4 is 5.32 Å². The number of nitrogens with zero attached hydrogens (tertiary/aromatic N) is 1. The van der Waals surface area contributed by atoms with E-state index < -0.39 is 0 Å². The van der Waals surface area contributed by atoms with Crippen molar-refractivity contribution in [3.63, 3.8) is 0 Å². The molecular weight excluding hydrogens is 276 g/mol. The quantitative estimate of drug-likeness (QED) is 0.878. The molecule has 2 heterocycles. The maximum atomic E-state index is 3.72. The maximum absolute atomic E-state index is 3.72. The van der Waals surface area contributed by atoms with Gasteiger partial charge in [0.05, 0.1) is 0 Å². The van der Waals surface area contributed by atoms with Crippen LogP contribution in [-0.4, -0.2) is 30.6 Å². The molecule has 0 unspecified atom stereocenters. The van der Waals surface area contributed by atoms with Crippen molar-refractivity contribution in [2.45, 2.75) is 31.8 Å². The van der Waals surface area contributed by atoms with Crippen LogP contribution in [0.25, 0.3) is 0 Å². The average Bonchev–Trinajstić information content (AvgIpc) is 3.03. The maximum Gasteiger partial charge on any atom is 0.0233 e. The molecule has 1 aromatic carbocycles. The molecule has 0 spiro atoms. The minimum absolute atomic E-state index is 0.706. The number of piperidine rings is 1. The Bertz CT molecular complexity index is 501. The SMILES string of the molecule is c1ccc(CN2CCC(NCCc3cccs3)CC2)cc1. The van der Waals surface area contributed by atoms with Crippen molar-refractivity contribution in [3.8, 4) is 0 Å². The number of nitrogens with one attached hydrogen (secondary N) is 1. The minimum atomic E-state index is 0.706. The zero-order valence-electron chi connectivity index (χ0n) is 12.5. The minimum Gasteiger partial charge on any atom is -0.314 e. The van der Waals surface area contributed by atoms with Gasteiger partial charge in [0.15, 0.2) is 0 Å². The summed E-state index contributed by atoms with van der Waals surface area (Å²) in [4.78, 5) is 4.07. The van der Waals surface area contributed by atoms with E-state index in [9.17, 15) is 0 Å². The molecule has 3 rings (SSSR count). The van der Waals surface area contributed by atoms with Crippen molar-refractivity contribution in [1.29, 1.82) is 0 Å². The first-order chi connectivity index (χ1) is 10.4. The lowest BCUT2D eigenvalue weighted by Crippen LogP contribution is -2.42. The van der Waals surface area contributed by atoms with E-state index in [0.717, 1.165) is 13.1 Å². The third kappa shape index (κ3) is 4.67. The van der Waals surface area contributed by atoms with Gasteiger partial charge in [-0.05, 0) is 49.4 Å². The molecule has 2 nitrogen and oxygen atoms in total. The fraction of sp³-hybridized carbons (Fsp3) is 0.444. The molecule has 1 fully saturated rings. The highest BCUT2D eigenvalue weighted by Crippen LogP contribution is 2.14. The summed E-state index contributed by atoms with van der Waals surface area (Å²) in [5.41, 5.74) is 1.43. The molecule has 1 aliphatic rings. The summed E-state index contributed by atoms with van der Waals surface area (Å²) in [5.74, 6) is 0. The van der Waals surface area contributed by atoms with Crippen LogP contribution in [0.4, 0.5) is 0 Å². The van der Waals surface area contributed by atoms with E-state index in [1.54, 1.807) is 0 Å². The highest BCUT2D eigenvalue weighted by Gasteiger charge is 2.18. The van der Waals surface area contributed by atoms with Gasteiger partial charge in [0, 0.05) is 24.0 Å². The Balaban J connectivity index is 1.35. The second-order valence-corrected chi connectivity index (χ2v) is 6.85. The van der Waals surface area contributed by atoms with Crippen LogP contribution in [0.1, 0.15) is 23.3 Å². The van der Waals surface area contributed by atoms with Gasteiger partial charge in [0.2, 0.25) is 0 Å². The number of thiophene rings is 1. The summed E-state index contributed by atoms with van der Waals surface area (Å²) in [6.45, 7) is 4.64. The van der Waals surface area contributed by atoms with Crippen molar-refractivity contribution in [3.05, 3.63) is 58.3 Å². The molecule has 2 aromatic rings. The van der Waals surface area contributed by atoms with E-state index in [4.69, 9.17) is 0 Å². The first-order valence-electron chi connectivity index (χ1n) is 7.92. The van der Waals surface area contributed by atoms with E-state index in [-0.39, 0.29) is 0 Å². The van der Waals surface area contributed by atoms with Gasteiger partial charge >= 0.3 is 0 Å². The summed E-state index contributed by atoms with van der Waals surface area (Å²) < 4.78 is 0. The molecule has 0 atom stereocenters. The number of rotatable bonds is 6. The van der Waals surface area contributed by atoms with Crippen molar-refractivity contribution < 1.29 is 0 Å². The lowest BCUT2D eigenvalue weighted by atomic mass is 10.0. The highest BCUT2D eigenvalue weighted by atomic mass is 32.1. The van der Waals surface area contributed by atoms with Crippen molar-refractivity contribution >= 4 is 11.3 Å². The van der Waals surface area contributed by atoms with Gasteiger partial charge in [0.1, 0.15) is 0 Å². The second kappa shape index (κ2) is 7.74. The lowest BCUT2D eigenvalue weighted by molar-refractivity contribution is 0.191. The van der Waals surface area contributed by atoms with Crippen LogP contribution in [0.3, 0.4) is 0 Å². The van der Waals surface area contributed by atoms with Crippen molar-refractivity contribution in [1.82, 2.24) is 10.2 Å². The molecule has 0 bridgehead atoms. The Morgan fingerprint density at radius 1 is 1.05 bits per heavy atom. The van der Waals surface area contributed by atoms with Crippen LogP contribution in [0.5, 0.6) is 0 Å². The Labute approximate surface area is 131 Å². The largest absolute Gasteiger partial charge is 0.314 e. The third-order valence-electron chi connectivity index (χ3n) is 4.22. The lowest BCUT2D eigenvalue weighted by Gasteiger charge is -2.32. The van der Waals surface area contributed by atoms with Gasteiger partial charge in [-0.2, -0.15) is 0 Å². The van der Waals surface area contributed by atoms with Crippen molar-refractivity contribution in [2.75, 3.05) is 19.6 Å². The average molecular weight is 300 g/mol. The van der Waals surface area contributed by atoms with Gasteiger partial charge in [-0.3, -0.25) is 4.90 Å². The van der Waals surface area contributed by atoms with Crippen LogP contribution in [-0.2, 0) is 13.0 Å². The van der Waals surface area contributed by atoms with Gasteiger partial charge in [-0.1, -0.05) is 36.4 Å². The van der Waals surface area contributed by atoms with E-state index in [1.165, 1.54) is 42.8 Å². The molecule has 3 heteroatoms. The van der Waals surface area contributed by atoms with Crippen LogP contribution in [0, 0.1) is 0 Å². The second-order valence-electron chi connectivity index (χ2n) is 5.82. The predicted molar refractivity (Wildman–Crippen MR) is 90.8 cm³/mol. The first-order valence-corrected chi connectivity index (χ1v) is 8.80. The van der Waals surface area contributed by atoms with Gasteiger partial charge < -0.3 is 5.32 Å². The highest BCUT2D eigenvalue weighted by molar-refractivity contribution is 7.09. The summed E-state index contributed by atoms with van der Waals surface area (Å²) in [7, 11) is 0. The van der Waals surface area contributed by atoms with E-state index in [1.807, 2.05) is 11.3 Å². The number of hydrogen-bond acceptors (Lipinski definition) is 3. The topological polar surface area (TPSA) is 15.3 Å². The number of likely N-dealkylation sites (tertiary alicyclic amines) is 1. The van der Waals surface area contributed by atoms with Gasteiger partial charge in [0.25, 0.3) is 0 Å². The predicted octanol–water partition coefficient (Wildman–Crippen LogP) is 3.54. The smallest absolute Gasteiger partial charge is 0.0233 e. The Morgan fingerprint density at radius 3 is 2.57 bits per heavy atom. The normalized spacial score (nSPS) is 17.1. The van der Waals surface area contributed by atoms with Crippen LogP contribution in [0.2, 0.25) is 0 Å². The van der Waals surface area contributed by atoms with Crippen LogP contribution >= 0.6 is 11.3 Å². The zero-order chi connectivity index (χ0) is 14.3. The molecule has 0 saturated carbocycles. The molecule has 112 valence electrons. The summed E-state index contributed by atoms with van der Waals surface area (Å²) in [6.07, 6.45) is 3.72.